The van der Waals surface area contributed by atoms with Gasteiger partial charge in [-0.05, 0) is 33.2 Å². The Morgan fingerprint density at radius 1 is 1.53 bits per heavy atom. The van der Waals surface area contributed by atoms with E-state index in [1.165, 1.54) is 6.42 Å². The summed E-state index contributed by atoms with van der Waals surface area (Å²) >= 11 is 0. The van der Waals surface area contributed by atoms with Crippen molar-refractivity contribution in [1.82, 2.24) is 15.5 Å². The van der Waals surface area contributed by atoms with Crippen molar-refractivity contribution < 1.29 is 9.26 Å². The average Bonchev–Trinajstić information content (AvgIpc) is 2.88. The maximum Gasteiger partial charge on any atom is 0.258 e. The number of nitrogens with zero attached hydrogens (tertiary/aromatic N) is 2. The molecule has 1 unspecified atom stereocenters. The minimum atomic E-state index is -0.510. The van der Waals surface area contributed by atoms with E-state index in [1.54, 1.807) is 7.11 Å². The lowest BCUT2D eigenvalue weighted by molar-refractivity contribution is -0.00786. The summed E-state index contributed by atoms with van der Waals surface area (Å²) in [4.78, 5) is 4.37. The van der Waals surface area contributed by atoms with Gasteiger partial charge in [0.15, 0.2) is 5.82 Å². The van der Waals surface area contributed by atoms with E-state index in [1.807, 2.05) is 13.8 Å². The normalized spacial score (nSPS) is 22.2. The molecule has 1 saturated heterocycles. The fraction of sp³-hybridized carbons (Fsp3) is 0.800. The van der Waals surface area contributed by atoms with Gasteiger partial charge in [0.1, 0.15) is 5.60 Å². The minimum absolute atomic E-state index is 0.246. The predicted molar refractivity (Wildman–Crippen MR) is 54.3 cm³/mol. The van der Waals surface area contributed by atoms with Gasteiger partial charge in [0.05, 0.1) is 6.04 Å². The first kappa shape index (κ1) is 10.6. The first-order chi connectivity index (χ1) is 7.13. The van der Waals surface area contributed by atoms with Gasteiger partial charge in [-0.2, -0.15) is 4.98 Å². The molecule has 1 aliphatic rings. The zero-order valence-electron chi connectivity index (χ0n) is 9.41. The lowest BCUT2D eigenvalue weighted by Crippen LogP contribution is -2.20. The van der Waals surface area contributed by atoms with E-state index in [-0.39, 0.29) is 6.04 Å². The Morgan fingerprint density at radius 3 is 2.93 bits per heavy atom. The van der Waals surface area contributed by atoms with Gasteiger partial charge in [0.2, 0.25) is 0 Å². The summed E-state index contributed by atoms with van der Waals surface area (Å²) in [6.07, 6.45) is 2.24. The molecule has 5 heteroatoms. The first-order valence-corrected chi connectivity index (χ1v) is 5.26. The van der Waals surface area contributed by atoms with Gasteiger partial charge < -0.3 is 14.6 Å². The highest BCUT2D eigenvalue weighted by molar-refractivity contribution is 5.01. The molecule has 2 heterocycles. The fourth-order valence-electron chi connectivity index (χ4n) is 1.61. The molecule has 84 valence electrons. The molecule has 0 amide bonds. The van der Waals surface area contributed by atoms with E-state index in [9.17, 15) is 0 Å². The highest BCUT2D eigenvalue weighted by Gasteiger charge is 2.29. The SMILES string of the molecule is COC(C)(C)c1nc(C2CCCN2)no1. The second-order valence-corrected chi connectivity index (χ2v) is 4.32. The van der Waals surface area contributed by atoms with E-state index in [2.05, 4.69) is 15.5 Å². The smallest absolute Gasteiger partial charge is 0.258 e. The standard InChI is InChI=1S/C10H17N3O2/c1-10(2,14-3)9-12-8(13-15-9)7-5-4-6-11-7/h7,11H,4-6H2,1-3H3. The zero-order chi connectivity index (χ0) is 10.9. The molecule has 15 heavy (non-hydrogen) atoms. The van der Waals surface area contributed by atoms with E-state index in [4.69, 9.17) is 9.26 Å². The number of ether oxygens (including phenoxy) is 1. The summed E-state index contributed by atoms with van der Waals surface area (Å²) in [5.74, 6) is 1.28. The van der Waals surface area contributed by atoms with Crippen LogP contribution in [0.1, 0.15) is 44.4 Å². The number of hydrogen-bond donors (Lipinski definition) is 1. The van der Waals surface area contributed by atoms with Gasteiger partial charge in [-0.15, -0.1) is 0 Å². The molecule has 1 fully saturated rings. The summed E-state index contributed by atoms with van der Waals surface area (Å²) < 4.78 is 10.5. The molecule has 1 atom stereocenters. The summed E-state index contributed by atoms with van der Waals surface area (Å²) in [6, 6.07) is 0.246. The molecule has 2 rings (SSSR count). The molecule has 5 nitrogen and oxygen atoms in total. The quantitative estimate of drug-likeness (QED) is 0.818. The third-order valence-electron chi connectivity index (χ3n) is 2.84. The average molecular weight is 211 g/mol. The molecule has 0 bridgehead atoms. The highest BCUT2D eigenvalue weighted by atomic mass is 16.5. The van der Waals surface area contributed by atoms with Crippen LogP contribution in [0, 0.1) is 0 Å². The van der Waals surface area contributed by atoms with Crippen LogP contribution in [-0.4, -0.2) is 23.8 Å². The zero-order valence-corrected chi connectivity index (χ0v) is 9.41. The first-order valence-electron chi connectivity index (χ1n) is 5.26. The number of aromatic nitrogens is 2. The molecule has 0 aliphatic carbocycles. The van der Waals surface area contributed by atoms with Crippen molar-refractivity contribution in [1.29, 1.82) is 0 Å². The van der Waals surface area contributed by atoms with Crippen LogP contribution in [0.25, 0.3) is 0 Å². The van der Waals surface area contributed by atoms with Crippen molar-refractivity contribution in [2.24, 2.45) is 0 Å². The number of methoxy groups -OCH3 is 1. The van der Waals surface area contributed by atoms with Crippen LogP contribution in [0.2, 0.25) is 0 Å². The number of rotatable bonds is 3. The van der Waals surface area contributed by atoms with Crippen molar-refractivity contribution in [3.63, 3.8) is 0 Å². The van der Waals surface area contributed by atoms with Gasteiger partial charge >= 0.3 is 0 Å². The van der Waals surface area contributed by atoms with Crippen molar-refractivity contribution in [3.8, 4) is 0 Å². The molecular formula is C10H17N3O2. The molecule has 1 aromatic rings. The Hall–Kier alpha value is -0.940. The van der Waals surface area contributed by atoms with Crippen LogP contribution in [0.5, 0.6) is 0 Å². The van der Waals surface area contributed by atoms with Crippen LogP contribution in [0.15, 0.2) is 4.52 Å². The van der Waals surface area contributed by atoms with Gasteiger partial charge in [0, 0.05) is 7.11 Å². The molecule has 0 spiro atoms. The monoisotopic (exact) mass is 211 g/mol. The van der Waals surface area contributed by atoms with Crippen LogP contribution in [0.3, 0.4) is 0 Å². The van der Waals surface area contributed by atoms with Gasteiger partial charge in [-0.3, -0.25) is 0 Å². The Labute approximate surface area is 89.2 Å². The molecular weight excluding hydrogens is 194 g/mol. The largest absolute Gasteiger partial charge is 0.369 e. The highest BCUT2D eigenvalue weighted by Crippen LogP contribution is 2.25. The molecule has 1 N–H and O–H groups in total. The van der Waals surface area contributed by atoms with Crippen molar-refractivity contribution in [2.75, 3.05) is 13.7 Å². The number of nitrogens with one attached hydrogen (secondary N) is 1. The fourth-order valence-corrected chi connectivity index (χ4v) is 1.61. The van der Waals surface area contributed by atoms with E-state index >= 15 is 0 Å². The maximum absolute atomic E-state index is 5.28. The van der Waals surface area contributed by atoms with Gasteiger partial charge in [-0.25, -0.2) is 0 Å². The second kappa shape index (κ2) is 3.90. The van der Waals surface area contributed by atoms with Gasteiger partial charge in [0.25, 0.3) is 5.89 Å². The third kappa shape index (κ3) is 2.03. The number of hydrogen-bond acceptors (Lipinski definition) is 5. The van der Waals surface area contributed by atoms with Crippen LogP contribution in [0.4, 0.5) is 0 Å². The van der Waals surface area contributed by atoms with Crippen molar-refractivity contribution in [2.45, 2.75) is 38.3 Å². The summed E-state index contributed by atoms with van der Waals surface area (Å²) in [7, 11) is 1.64. The van der Waals surface area contributed by atoms with Crippen LogP contribution >= 0.6 is 0 Å². The van der Waals surface area contributed by atoms with Crippen molar-refractivity contribution in [3.05, 3.63) is 11.7 Å². The summed E-state index contributed by atoms with van der Waals surface area (Å²) in [5, 5.41) is 7.31. The molecule has 1 aromatic heterocycles. The Balaban J connectivity index is 2.16. The van der Waals surface area contributed by atoms with E-state index in [0.29, 0.717) is 5.89 Å². The Kier molecular flexibility index (Phi) is 2.75. The lowest BCUT2D eigenvalue weighted by Gasteiger charge is -2.16. The Morgan fingerprint density at radius 2 is 2.33 bits per heavy atom. The third-order valence-corrected chi connectivity index (χ3v) is 2.84. The predicted octanol–water partition coefficient (Wildman–Crippen LogP) is 1.38. The topological polar surface area (TPSA) is 60.2 Å². The van der Waals surface area contributed by atoms with Crippen molar-refractivity contribution >= 4 is 0 Å². The second-order valence-electron chi connectivity index (χ2n) is 4.32. The summed E-state index contributed by atoms with van der Waals surface area (Å²) in [5.41, 5.74) is -0.510. The van der Waals surface area contributed by atoms with E-state index < -0.39 is 5.60 Å². The summed E-state index contributed by atoms with van der Waals surface area (Å²) in [6.45, 7) is 4.85. The maximum atomic E-state index is 5.28. The van der Waals surface area contributed by atoms with Crippen LogP contribution < -0.4 is 5.32 Å². The Bertz CT molecular complexity index is 329. The molecule has 0 saturated carbocycles. The molecule has 1 aliphatic heterocycles. The lowest BCUT2D eigenvalue weighted by atomic mass is 10.1. The minimum Gasteiger partial charge on any atom is -0.369 e. The van der Waals surface area contributed by atoms with Gasteiger partial charge in [-0.1, -0.05) is 5.16 Å². The van der Waals surface area contributed by atoms with E-state index in [0.717, 1.165) is 18.8 Å². The van der Waals surface area contributed by atoms with Crippen LogP contribution in [-0.2, 0) is 10.3 Å². The molecule has 0 aromatic carbocycles. The molecule has 0 radical (unpaired) electrons.